The zero-order valence-electron chi connectivity index (χ0n) is 13.5. The van der Waals surface area contributed by atoms with Gasteiger partial charge in [0.05, 0.1) is 12.5 Å². The molecule has 5 heteroatoms. The number of para-hydroxylation sites is 2. The molecule has 0 bridgehead atoms. The van der Waals surface area contributed by atoms with E-state index in [1.54, 1.807) is 12.1 Å². The number of piperidine rings is 1. The number of rotatable bonds is 5. The standard InChI is InChI=1S/C18H23NO4/c1-2-22-15-5-3-4-6-16(15)23-18(21)14-9-11-19(12-10-14)17(20)13-7-8-13/h3-6,13-14H,2,7-12H2,1H3. The van der Waals surface area contributed by atoms with E-state index in [4.69, 9.17) is 9.47 Å². The zero-order chi connectivity index (χ0) is 16.2. The molecular formula is C18H23NO4. The number of amides is 1. The van der Waals surface area contributed by atoms with Crippen molar-refractivity contribution in [2.45, 2.75) is 32.6 Å². The summed E-state index contributed by atoms with van der Waals surface area (Å²) in [5.74, 6) is 1.19. The Morgan fingerprint density at radius 2 is 1.70 bits per heavy atom. The third kappa shape index (κ3) is 3.84. The number of likely N-dealkylation sites (tertiary alicyclic amines) is 1. The summed E-state index contributed by atoms with van der Waals surface area (Å²) >= 11 is 0. The first kappa shape index (κ1) is 15.8. The molecule has 0 N–H and O–H groups in total. The van der Waals surface area contributed by atoms with Crippen LogP contribution in [0.25, 0.3) is 0 Å². The van der Waals surface area contributed by atoms with E-state index in [1.165, 1.54) is 0 Å². The Morgan fingerprint density at radius 3 is 2.30 bits per heavy atom. The zero-order valence-corrected chi connectivity index (χ0v) is 13.5. The summed E-state index contributed by atoms with van der Waals surface area (Å²) in [5, 5.41) is 0. The normalized spacial score (nSPS) is 18.6. The Balaban J connectivity index is 1.54. The Kier molecular flexibility index (Phi) is 4.84. The largest absolute Gasteiger partial charge is 0.490 e. The van der Waals surface area contributed by atoms with Crippen molar-refractivity contribution in [3.8, 4) is 11.5 Å². The summed E-state index contributed by atoms with van der Waals surface area (Å²) in [6, 6.07) is 7.21. The van der Waals surface area contributed by atoms with Crippen molar-refractivity contribution in [1.29, 1.82) is 0 Å². The molecule has 3 rings (SSSR count). The molecule has 2 aliphatic rings. The van der Waals surface area contributed by atoms with Crippen LogP contribution in [0.15, 0.2) is 24.3 Å². The molecule has 1 aromatic carbocycles. The molecule has 1 heterocycles. The highest BCUT2D eigenvalue weighted by molar-refractivity contribution is 5.81. The van der Waals surface area contributed by atoms with Gasteiger partial charge >= 0.3 is 5.97 Å². The quantitative estimate of drug-likeness (QED) is 0.619. The van der Waals surface area contributed by atoms with Crippen LogP contribution in [0, 0.1) is 11.8 Å². The Labute approximate surface area is 136 Å². The van der Waals surface area contributed by atoms with Crippen molar-refractivity contribution in [1.82, 2.24) is 4.90 Å². The Bertz CT molecular complexity index is 574. The molecule has 5 nitrogen and oxygen atoms in total. The lowest BCUT2D eigenvalue weighted by molar-refractivity contribution is -0.143. The molecule has 0 atom stereocenters. The molecule has 0 aromatic heterocycles. The summed E-state index contributed by atoms with van der Waals surface area (Å²) in [7, 11) is 0. The maximum atomic E-state index is 12.4. The molecule has 124 valence electrons. The van der Waals surface area contributed by atoms with Gasteiger partial charge in [-0.25, -0.2) is 0 Å². The van der Waals surface area contributed by atoms with Crippen LogP contribution < -0.4 is 9.47 Å². The number of ether oxygens (including phenoxy) is 2. The maximum absolute atomic E-state index is 12.4. The first-order valence-electron chi connectivity index (χ1n) is 8.41. The Morgan fingerprint density at radius 1 is 1.04 bits per heavy atom. The van der Waals surface area contributed by atoms with Gasteiger partial charge in [-0.3, -0.25) is 9.59 Å². The van der Waals surface area contributed by atoms with E-state index >= 15 is 0 Å². The van der Waals surface area contributed by atoms with Gasteiger partial charge in [-0.05, 0) is 44.7 Å². The van der Waals surface area contributed by atoms with E-state index in [1.807, 2.05) is 24.0 Å². The highest BCUT2D eigenvalue weighted by atomic mass is 16.6. The molecule has 1 saturated heterocycles. The van der Waals surface area contributed by atoms with Gasteiger partial charge < -0.3 is 14.4 Å². The summed E-state index contributed by atoms with van der Waals surface area (Å²) in [5.41, 5.74) is 0. The molecule has 0 radical (unpaired) electrons. The highest BCUT2D eigenvalue weighted by Gasteiger charge is 2.36. The topological polar surface area (TPSA) is 55.8 Å². The molecule has 23 heavy (non-hydrogen) atoms. The number of nitrogens with zero attached hydrogens (tertiary/aromatic N) is 1. The number of hydrogen-bond donors (Lipinski definition) is 0. The SMILES string of the molecule is CCOc1ccccc1OC(=O)C1CCN(C(=O)C2CC2)CC1. The van der Waals surface area contributed by atoms with Gasteiger partial charge in [-0.15, -0.1) is 0 Å². The van der Waals surface area contributed by atoms with E-state index in [2.05, 4.69) is 0 Å². The lowest BCUT2D eigenvalue weighted by Crippen LogP contribution is -2.41. The minimum absolute atomic E-state index is 0.145. The van der Waals surface area contributed by atoms with Gasteiger partial charge in [-0.2, -0.15) is 0 Å². The molecule has 0 spiro atoms. The van der Waals surface area contributed by atoms with Gasteiger partial charge in [0.2, 0.25) is 5.91 Å². The van der Waals surface area contributed by atoms with Crippen molar-refractivity contribution >= 4 is 11.9 Å². The van der Waals surface area contributed by atoms with Gasteiger partial charge in [0.15, 0.2) is 11.5 Å². The van der Waals surface area contributed by atoms with E-state index in [-0.39, 0.29) is 23.7 Å². The van der Waals surface area contributed by atoms with Crippen molar-refractivity contribution < 1.29 is 19.1 Å². The predicted octanol–water partition coefficient (Wildman–Crippen LogP) is 2.64. The molecule has 1 saturated carbocycles. The molecule has 0 unspecified atom stereocenters. The second-order valence-corrected chi connectivity index (χ2v) is 6.17. The average molecular weight is 317 g/mol. The van der Waals surface area contributed by atoms with Gasteiger partial charge in [-0.1, -0.05) is 12.1 Å². The van der Waals surface area contributed by atoms with Gasteiger partial charge in [0.1, 0.15) is 0 Å². The van der Waals surface area contributed by atoms with E-state index in [9.17, 15) is 9.59 Å². The third-order valence-electron chi connectivity index (χ3n) is 4.43. The maximum Gasteiger partial charge on any atom is 0.314 e. The fourth-order valence-corrected chi connectivity index (χ4v) is 2.92. The lowest BCUT2D eigenvalue weighted by atomic mass is 9.96. The molecule has 1 aliphatic carbocycles. The fourth-order valence-electron chi connectivity index (χ4n) is 2.92. The molecule has 1 aromatic rings. The van der Waals surface area contributed by atoms with Gasteiger partial charge in [0, 0.05) is 19.0 Å². The second kappa shape index (κ2) is 7.02. The van der Waals surface area contributed by atoms with Crippen LogP contribution in [0.1, 0.15) is 32.6 Å². The number of carbonyl (C=O) groups is 2. The molecule has 1 aliphatic heterocycles. The summed E-state index contributed by atoms with van der Waals surface area (Å²) in [6.07, 6.45) is 3.40. The van der Waals surface area contributed by atoms with Crippen molar-refractivity contribution in [2.24, 2.45) is 11.8 Å². The van der Waals surface area contributed by atoms with Crippen LogP contribution in [0.4, 0.5) is 0 Å². The number of hydrogen-bond acceptors (Lipinski definition) is 4. The lowest BCUT2D eigenvalue weighted by Gasteiger charge is -2.31. The van der Waals surface area contributed by atoms with E-state index in [0.29, 0.717) is 44.0 Å². The van der Waals surface area contributed by atoms with Crippen LogP contribution in [0.3, 0.4) is 0 Å². The summed E-state index contributed by atoms with van der Waals surface area (Å²) in [4.78, 5) is 26.3. The highest BCUT2D eigenvalue weighted by Crippen LogP contribution is 2.33. The van der Waals surface area contributed by atoms with Crippen LogP contribution in [-0.2, 0) is 9.59 Å². The van der Waals surface area contributed by atoms with E-state index in [0.717, 1.165) is 12.8 Å². The molecule has 1 amide bonds. The minimum atomic E-state index is -0.226. The summed E-state index contributed by atoms with van der Waals surface area (Å²) in [6.45, 7) is 3.73. The fraction of sp³-hybridized carbons (Fsp3) is 0.556. The van der Waals surface area contributed by atoms with Gasteiger partial charge in [0.25, 0.3) is 0 Å². The van der Waals surface area contributed by atoms with Crippen molar-refractivity contribution in [2.75, 3.05) is 19.7 Å². The molecular weight excluding hydrogens is 294 g/mol. The summed E-state index contributed by atoms with van der Waals surface area (Å²) < 4.78 is 11.0. The van der Waals surface area contributed by atoms with Crippen LogP contribution >= 0.6 is 0 Å². The number of esters is 1. The Hall–Kier alpha value is -2.04. The van der Waals surface area contributed by atoms with Crippen LogP contribution in [0.2, 0.25) is 0 Å². The number of carbonyl (C=O) groups excluding carboxylic acids is 2. The van der Waals surface area contributed by atoms with Crippen molar-refractivity contribution in [3.63, 3.8) is 0 Å². The van der Waals surface area contributed by atoms with Crippen molar-refractivity contribution in [3.05, 3.63) is 24.3 Å². The smallest absolute Gasteiger partial charge is 0.314 e. The third-order valence-corrected chi connectivity index (χ3v) is 4.43. The average Bonchev–Trinajstić information content (AvgIpc) is 3.41. The second-order valence-electron chi connectivity index (χ2n) is 6.17. The minimum Gasteiger partial charge on any atom is -0.490 e. The first-order valence-corrected chi connectivity index (χ1v) is 8.41. The van der Waals surface area contributed by atoms with Crippen LogP contribution in [-0.4, -0.2) is 36.5 Å². The first-order chi connectivity index (χ1) is 11.2. The van der Waals surface area contributed by atoms with Crippen LogP contribution in [0.5, 0.6) is 11.5 Å². The molecule has 2 fully saturated rings. The van der Waals surface area contributed by atoms with E-state index < -0.39 is 0 Å². The predicted molar refractivity (Wildman–Crippen MR) is 85.3 cm³/mol. The number of benzene rings is 1. The monoisotopic (exact) mass is 317 g/mol.